The van der Waals surface area contributed by atoms with Gasteiger partial charge in [-0.05, 0) is 31.6 Å². The first-order chi connectivity index (χ1) is 6.04. The van der Waals surface area contributed by atoms with E-state index in [2.05, 4.69) is 20.8 Å². The SMILES string of the molecule is COC1CC(C)CC(C)[C@]1(C)OC. The maximum Gasteiger partial charge on any atom is 0.0936 e. The van der Waals surface area contributed by atoms with Crippen LogP contribution in [0.5, 0.6) is 0 Å². The van der Waals surface area contributed by atoms with Crippen molar-refractivity contribution in [2.45, 2.75) is 45.3 Å². The molecule has 0 aromatic heterocycles. The summed E-state index contributed by atoms with van der Waals surface area (Å²) in [5, 5.41) is 0. The molecular formula is C11H22O2. The smallest absolute Gasteiger partial charge is 0.0936 e. The zero-order chi connectivity index (χ0) is 10.1. The predicted octanol–water partition coefficient (Wildman–Crippen LogP) is 2.47. The molecule has 1 aliphatic rings. The average molecular weight is 186 g/mol. The minimum atomic E-state index is -0.0960. The van der Waals surface area contributed by atoms with Crippen LogP contribution in [-0.2, 0) is 9.47 Å². The zero-order valence-electron chi connectivity index (χ0n) is 9.46. The van der Waals surface area contributed by atoms with E-state index < -0.39 is 0 Å². The number of ether oxygens (including phenoxy) is 2. The number of methoxy groups -OCH3 is 2. The van der Waals surface area contributed by atoms with Crippen LogP contribution in [0.15, 0.2) is 0 Å². The second-order valence-corrected chi connectivity index (χ2v) is 4.59. The Hall–Kier alpha value is -0.0800. The normalized spacial score (nSPS) is 46.4. The molecule has 0 bridgehead atoms. The highest BCUT2D eigenvalue weighted by molar-refractivity contribution is 4.95. The molecule has 1 aliphatic carbocycles. The molecule has 13 heavy (non-hydrogen) atoms. The summed E-state index contributed by atoms with van der Waals surface area (Å²) >= 11 is 0. The van der Waals surface area contributed by atoms with Crippen LogP contribution in [0.1, 0.15) is 33.6 Å². The molecule has 0 aromatic carbocycles. The van der Waals surface area contributed by atoms with Crippen LogP contribution in [0.3, 0.4) is 0 Å². The van der Waals surface area contributed by atoms with E-state index in [9.17, 15) is 0 Å². The third-order valence-corrected chi connectivity index (χ3v) is 3.71. The van der Waals surface area contributed by atoms with E-state index >= 15 is 0 Å². The number of rotatable bonds is 2. The molecule has 2 nitrogen and oxygen atoms in total. The van der Waals surface area contributed by atoms with Crippen molar-refractivity contribution < 1.29 is 9.47 Å². The highest BCUT2D eigenvalue weighted by atomic mass is 16.5. The Kier molecular flexibility index (Phi) is 3.36. The maximum atomic E-state index is 5.62. The lowest BCUT2D eigenvalue weighted by molar-refractivity contribution is -0.163. The molecule has 0 saturated heterocycles. The van der Waals surface area contributed by atoms with E-state index in [1.165, 1.54) is 6.42 Å². The molecule has 0 aliphatic heterocycles. The molecular weight excluding hydrogens is 164 g/mol. The lowest BCUT2D eigenvalue weighted by Gasteiger charge is -2.46. The molecule has 0 heterocycles. The lowest BCUT2D eigenvalue weighted by Crippen LogP contribution is -2.52. The molecule has 78 valence electrons. The average Bonchev–Trinajstić information content (AvgIpc) is 2.11. The van der Waals surface area contributed by atoms with Crippen LogP contribution in [0, 0.1) is 11.8 Å². The van der Waals surface area contributed by atoms with E-state index in [4.69, 9.17) is 9.47 Å². The van der Waals surface area contributed by atoms with Gasteiger partial charge in [-0.1, -0.05) is 13.8 Å². The topological polar surface area (TPSA) is 18.5 Å². The summed E-state index contributed by atoms with van der Waals surface area (Å²) in [6, 6.07) is 0. The fourth-order valence-electron chi connectivity index (χ4n) is 2.51. The van der Waals surface area contributed by atoms with Crippen molar-refractivity contribution in [1.82, 2.24) is 0 Å². The van der Waals surface area contributed by atoms with Crippen LogP contribution in [-0.4, -0.2) is 25.9 Å². The van der Waals surface area contributed by atoms with Crippen molar-refractivity contribution in [3.8, 4) is 0 Å². The van der Waals surface area contributed by atoms with Crippen LogP contribution in [0.2, 0.25) is 0 Å². The second-order valence-electron chi connectivity index (χ2n) is 4.59. The van der Waals surface area contributed by atoms with E-state index in [0.717, 1.165) is 12.3 Å². The molecule has 1 saturated carbocycles. The van der Waals surface area contributed by atoms with Gasteiger partial charge in [-0.3, -0.25) is 0 Å². The molecule has 0 aromatic rings. The van der Waals surface area contributed by atoms with Gasteiger partial charge in [0.1, 0.15) is 0 Å². The Morgan fingerprint density at radius 3 is 2.23 bits per heavy atom. The van der Waals surface area contributed by atoms with E-state index in [1.54, 1.807) is 14.2 Å². The third kappa shape index (κ3) is 1.89. The van der Waals surface area contributed by atoms with E-state index in [-0.39, 0.29) is 11.7 Å². The summed E-state index contributed by atoms with van der Waals surface area (Å²) in [6.45, 7) is 6.71. The Balaban J connectivity index is 2.77. The Morgan fingerprint density at radius 1 is 1.15 bits per heavy atom. The second kappa shape index (κ2) is 3.97. The molecule has 0 N–H and O–H groups in total. The van der Waals surface area contributed by atoms with Crippen molar-refractivity contribution in [2.75, 3.05) is 14.2 Å². The van der Waals surface area contributed by atoms with Crippen molar-refractivity contribution in [2.24, 2.45) is 11.8 Å². The molecule has 4 atom stereocenters. The minimum Gasteiger partial charge on any atom is -0.378 e. The van der Waals surface area contributed by atoms with Gasteiger partial charge in [-0.2, -0.15) is 0 Å². The lowest BCUT2D eigenvalue weighted by atomic mass is 9.71. The molecule has 0 radical (unpaired) electrons. The summed E-state index contributed by atoms with van der Waals surface area (Å²) in [4.78, 5) is 0. The molecule has 0 spiro atoms. The number of hydrogen-bond donors (Lipinski definition) is 0. The summed E-state index contributed by atoms with van der Waals surface area (Å²) in [5.74, 6) is 1.33. The standard InChI is InChI=1S/C11H22O2/c1-8-6-9(2)11(3,13-5)10(7-8)12-4/h8-10H,6-7H2,1-5H3/t8?,9?,10?,11-/m0/s1. The fourth-order valence-corrected chi connectivity index (χ4v) is 2.51. The quantitative estimate of drug-likeness (QED) is 0.659. The van der Waals surface area contributed by atoms with Gasteiger partial charge in [-0.15, -0.1) is 0 Å². The van der Waals surface area contributed by atoms with Gasteiger partial charge in [0, 0.05) is 14.2 Å². The highest BCUT2D eigenvalue weighted by Crippen LogP contribution is 2.40. The Labute approximate surface area is 81.6 Å². The third-order valence-electron chi connectivity index (χ3n) is 3.71. The maximum absolute atomic E-state index is 5.62. The zero-order valence-corrected chi connectivity index (χ0v) is 9.46. The van der Waals surface area contributed by atoms with Crippen LogP contribution in [0.4, 0.5) is 0 Å². The van der Waals surface area contributed by atoms with Crippen molar-refractivity contribution in [3.63, 3.8) is 0 Å². The molecule has 1 fully saturated rings. The van der Waals surface area contributed by atoms with Gasteiger partial charge in [0.25, 0.3) is 0 Å². The number of hydrogen-bond acceptors (Lipinski definition) is 2. The fraction of sp³-hybridized carbons (Fsp3) is 1.00. The summed E-state index contributed by atoms with van der Waals surface area (Å²) < 4.78 is 11.1. The first-order valence-corrected chi connectivity index (χ1v) is 5.12. The highest BCUT2D eigenvalue weighted by Gasteiger charge is 2.44. The molecule has 2 heteroatoms. The molecule has 0 amide bonds. The first kappa shape index (κ1) is 11.0. The minimum absolute atomic E-state index is 0.0960. The van der Waals surface area contributed by atoms with Gasteiger partial charge in [-0.25, -0.2) is 0 Å². The van der Waals surface area contributed by atoms with Crippen molar-refractivity contribution in [1.29, 1.82) is 0 Å². The van der Waals surface area contributed by atoms with Crippen LogP contribution < -0.4 is 0 Å². The molecule has 3 unspecified atom stereocenters. The van der Waals surface area contributed by atoms with Gasteiger partial charge >= 0.3 is 0 Å². The Morgan fingerprint density at radius 2 is 1.77 bits per heavy atom. The molecule has 1 rings (SSSR count). The van der Waals surface area contributed by atoms with E-state index in [1.807, 2.05) is 0 Å². The van der Waals surface area contributed by atoms with Gasteiger partial charge < -0.3 is 9.47 Å². The summed E-state index contributed by atoms with van der Waals surface area (Å²) in [7, 11) is 3.57. The largest absolute Gasteiger partial charge is 0.378 e. The van der Waals surface area contributed by atoms with Crippen molar-refractivity contribution >= 4 is 0 Å². The predicted molar refractivity (Wildman–Crippen MR) is 53.8 cm³/mol. The van der Waals surface area contributed by atoms with Gasteiger partial charge in [0.05, 0.1) is 11.7 Å². The monoisotopic (exact) mass is 186 g/mol. The Bertz CT molecular complexity index is 169. The van der Waals surface area contributed by atoms with Crippen LogP contribution in [0.25, 0.3) is 0 Å². The van der Waals surface area contributed by atoms with Crippen LogP contribution >= 0.6 is 0 Å². The van der Waals surface area contributed by atoms with Gasteiger partial charge in [0.2, 0.25) is 0 Å². The first-order valence-electron chi connectivity index (χ1n) is 5.12. The summed E-state index contributed by atoms with van der Waals surface area (Å²) in [6.07, 6.45) is 2.60. The van der Waals surface area contributed by atoms with Gasteiger partial charge in [0.15, 0.2) is 0 Å². The van der Waals surface area contributed by atoms with E-state index in [0.29, 0.717) is 5.92 Å². The summed E-state index contributed by atoms with van der Waals surface area (Å²) in [5.41, 5.74) is -0.0960. The van der Waals surface area contributed by atoms with Crippen molar-refractivity contribution in [3.05, 3.63) is 0 Å².